The second-order valence-electron chi connectivity index (χ2n) is 9.66. The minimum Gasteiger partial charge on any atom is -0.494 e. The number of carbonyl (C=O) groups excluding carboxylic acids is 3. The lowest BCUT2D eigenvalue weighted by Gasteiger charge is -2.18. The van der Waals surface area contributed by atoms with Crippen molar-refractivity contribution in [2.75, 3.05) is 18.5 Å². The van der Waals surface area contributed by atoms with Crippen LogP contribution in [0.3, 0.4) is 0 Å². The van der Waals surface area contributed by atoms with E-state index in [0.29, 0.717) is 23.7 Å². The number of ether oxygens (including phenoxy) is 1. The molecule has 0 aromatic heterocycles. The third-order valence-electron chi connectivity index (χ3n) is 5.05. The molecule has 3 amide bonds. The van der Waals surface area contributed by atoms with Crippen LogP contribution in [0.2, 0.25) is 0 Å². The molecule has 1 atom stereocenters. The summed E-state index contributed by atoms with van der Waals surface area (Å²) < 4.78 is 5.70. The van der Waals surface area contributed by atoms with Gasteiger partial charge >= 0.3 is 5.97 Å². The monoisotopic (exact) mass is 526 g/mol. The lowest BCUT2D eigenvalue weighted by molar-refractivity contribution is -0.139. The molecule has 0 spiro atoms. The van der Waals surface area contributed by atoms with E-state index in [2.05, 4.69) is 41.7 Å². The van der Waals surface area contributed by atoms with Gasteiger partial charge in [0.05, 0.1) is 25.3 Å². The zero-order valence-corrected chi connectivity index (χ0v) is 21.6. The van der Waals surface area contributed by atoms with Crippen molar-refractivity contribution in [3.63, 3.8) is 0 Å². The largest absolute Gasteiger partial charge is 0.494 e. The average Bonchev–Trinajstić information content (AvgIpc) is 2.82. The first-order chi connectivity index (χ1) is 17.8. The number of benzene rings is 2. The molecule has 204 valence electrons. The van der Waals surface area contributed by atoms with Gasteiger partial charge in [-0.2, -0.15) is 0 Å². The summed E-state index contributed by atoms with van der Waals surface area (Å²) in [6.07, 6.45) is 0.215. The molecule has 0 saturated carbocycles. The van der Waals surface area contributed by atoms with E-state index in [0.717, 1.165) is 6.42 Å². The maximum absolute atomic E-state index is 12.7. The molecule has 0 unspecified atom stereocenters. The Bertz CT molecular complexity index is 1170. The first-order valence-electron chi connectivity index (χ1n) is 11.9. The molecule has 0 aliphatic carbocycles. The van der Waals surface area contributed by atoms with E-state index < -0.39 is 42.7 Å². The third kappa shape index (κ3) is 11.0. The van der Waals surface area contributed by atoms with E-state index in [1.165, 1.54) is 12.1 Å². The maximum atomic E-state index is 12.7. The number of carboxylic acid groups (broad SMARTS) is 1. The van der Waals surface area contributed by atoms with Crippen LogP contribution < -0.4 is 32.2 Å². The minimum atomic E-state index is -1.37. The van der Waals surface area contributed by atoms with Gasteiger partial charge in [-0.15, -0.1) is 0 Å². The number of hydrogen-bond donors (Lipinski definition) is 6. The summed E-state index contributed by atoms with van der Waals surface area (Å²) in [6, 6.07) is 11.3. The average molecular weight is 527 g/mol. The van der Waals surface area contributed by atoms with Crippen LogP contribution in [-0.2, 0) is 14.4 Å². The molecule has 38 heavy (non-hydrogen) atoms. The smallest absolute Gasteiger partial charge is 0.305 e. The normalized spacial score (nSPS) is 11.6. The fraction of sp³-hybridized carbons (Fsp3) is 0.346. The van der Waals surface area contributed by atoms with Crippen LogP contribution >= 0.6 is 0 Å². The summed E-state index contributed by atoms with van der Waals surface area (Å²) in [4.78, 5) is 52.6. The van der Waals surface area contributed by atoms with E-state index in [1.54, 1.807) is 36.4 Å². The summed E-state index contributed by atoms with van der Waals surface area (Å²) >= 11 is 0. The number of carbonyl (C=O) groups is 4. The minimum absolute atomic E-state index is 0.139. The second kappa shape index (κ2) is 13.6. The first-order valence-corrected chi connectivity index (χ1v) is 11.9. The molecule has 12 heteroatoms. The number of rotatable bonds is 12. The molecule has 0 radical (unpaired) electrons. The molecule has 0 bridgehead atoms. The van der Waals surface area contributed by atoms with Crippen molar-refractivity contribution in [3.05, 3.63) is 54.1 Å². The van der Waals surface area contributed by atoms with Crippen molar-refractivity contribution in [3.8, 4) is 5.75 Å². The van der Waals surface area contributed by atoms with Crippen LogP contribution in [0.1, 0.15) is 44.0 Å². The van der Waals surface area contributed by atoms with Gasteiger partial charge in [0.25, 0.3) is 5.91 Å². The highest BCUT2D eigenvalue weighted by Gasteiger charge is 2.24. The molecule has 0 aliphatic heterocycles. The topological polar surface area (TPSA) is 198 Å². The second-order valence-corrected chi connectivity index (χ2v) is 9.66. The van der Waals surface area contributed by atoms with Gasteiger partial charge in [0, 0.05) is 11.3 Å². The summed E-state index contributed by atoms with van der Waals surface area (Å²) in [6.45, 7) is 6.40. The Morgan fingerprint density at radius 1 is 1.05 bits per heavy atom. The highest BCUT2D eigenvalue weighted by Crippen LogP contribution is 2.21. The van der Waals surface area contributed by atoms with Gasteiger partial charge in [-0.25, -0.2) is 4.99 Å². The molecular formula is C26H34N6O6. The predicted molar refractivity (Wildman–Crippen MR) is 143 cm³/mol. The van der Waals surface area contributed by atoms with Crippen LogP contribution in [0.25, 0.3) is 0 Å². The Morgan fingerprint density at radius 2 is 1.74 bits per heavy atom. The van der Waals surface area contributed by atoms with Crippen LogP contribution in [-0.4, -0.2) is 54.0 Å². The third-order valence-corrected chi connectivity index (χ3v) is 5.05. The van der Waals surface area contributed by atoms with Gasteiger partial charge in [-0.1, -0.05) is 26.8 Å². The number of nitrogens with two attached hydrogens (primary N) is 2. The summed E-state index contributed by atoms with van der Waals surface area (Å²) in [5.41, 5.74) is 11.8. The Kier molecular flexibility index (Phi) is 10.6. The van der Waals surface area contributed by atoms with Crippen molar-refractivity contribution in [1.29, 1.82) is 0 Å². The maximum Gasteiger partial charge on any atom is 0.305 e. The van der Waals surface area contributed by atoms with Gasteiger partial charge in [0.15, 0.2) is 5.96 Å². The van der Waals surface area contributed by atoms with Crippen LogP contribution in [0, 0.1) is 5.41 Å². The van der Waals surface area contributed by atoms with Crippen molar-refractivity contribution in [1.82, 2.24) is 10.6 Å². The lowest BCUT2D eigenvalue weighted by Crippen LogP contribution is -2.48. The number of amides is 3. The van der Waals surface area contributed by atoms with Gasteiger partial charge < -0.3 is 37.3 Å². The molecule has 0 aliphatic rings. The Labute approximate surface area is 220 Å². The highest BCUT2D eigenvalue weighted by atomic mass is 16.5. The number of carboxylic acids is 1. The number of nitrogens with one attached hydrogen (secondary N) is 3. The number of hydrogen-bond acceptors (Lipinski definition) is 6. The fourth-order valence-electron chi connectivity index (χ4n) is 3.10. The van der Waals surface area contributed by atoms with Crippen molar-refractivity contribution in [2.45, 2.75) is 39.7 Å². The molecule has 0 heterocycles. The number of nitrogens with zero attached hydrogens (tertiary/aromatic N) is 1. The fourth-order valence-corrected chi connectivity index (χ4v) is 3.10. The number of anilines is 1. The van der Waals surface area contributed by atoms with E-state index in [-0.39, 0.29) is 16.9 Å². The van der Waals surface area contributed by atoms with Crippen LogP contribution in [0.5, 0.6) is 5.75 Å². The molecule has 8 N–H and O–H groups in total. The Balaban J connectivity index is 1.93. The standard InChI is InChI=1S/C26H34N6O6/c1-26(2,3)11-12-38-19-9-7-17(8-10-19)30-24(37)20(14-22(34)35)32-21(33)15-29-23(36)16-5-4-6-18(13-16)31-25(27)28/h4-10,13,20H,11-12,14-15H2,1-3H3,(H,29,36)(H,30,37)(H,32,33)(H,34,35)(H4,27,28,31)/t20-/m0/s1. The summed E-state index contributed by atoms with van der Waals surface area (Å²) in [5, 5.41) is 16.5. The molecule has 2 rings (SSSR count). The van der Waals surface area contributed by atoms with E-state index in [9.17, 15) is 24.3 Å². The Hall–Kier alpha value is -4.61. The molecule has 12 nitrogen and oxygen atoms in total. The zero-order chi connectivity index (χ0) is 28.3. The van der Waals surface area contributed by atoms with Gasteiger partial charge in [0.1, 0.15) is 11.8 Å². The molecular weight excluding hydrogens is 492 g/mol. The summed E-state index contributed by atoms with van der Waals surface area (Å²) in [5.74, 6) is -2.89. The van der Waals surface area contributed by atoms with Crippen molar-refractivity contribution in [2.24, 2.45) is 21.9 Å². The van der Waals surface area contributed by atoms with Gasteiger partial charge in [0.2, 0.25) is 11.8 Å². The molecule has 0 fully saturated rings. The van der Waals surface area contributed by atoms with E-state index >= 15 is 0 Å². The molecule has 2 aromatic carbocycles. The summed E-state index contributed by atoms with van der Waals surface area (Å²) in [7, 11) is 0. The molecule has 0 saturated heterocycles. The van der Waals surface area contributed by atoms with E-state index in [1.807, 2.05) is 0 Å². The predicted octanol–water partition coefficient (Wildman–Crippen LogP) is 1.73. The lowest BCUT2D eigenvalue weighted by atomic mass is 9.93. The van der Waals surface area contributed by atoms with Gasteiger partial charge in [-0.05, 0) is 54.3 Å². The van der Waals surface area contributed by atoms with Crippen molar-refractivity contribution < 1.29 is 29.0 Å². The SMILES string of the molecule is CC(C)(C)CCOc1ccc(NC(=O)[C@H](CC(=O)O)NC(=O)CNC(=O)c2cccc(N=C(N)N)c2)cc1. The Morgan fingerprint density at radius 3 is 2.34 bits per heavy atom. The number of aliphatic carboxylic acids is 1. The number of aliphatic imine (C=N–C) groups is 1. The molecule has 2 aromatic rings. The van der Waals surface area contributed by atoms with E-state index in [4.69, 9.17) is 16.2 Å². The quantitative estimate of drug-likeness (QED) is 0.177. The van der Waals surface area contributed by atoms with Crippen molar-refractivity contribution >= 4 is 41.0 Å². The number of guanidine groups is 1. The first kappa shape index (κ1) is 29.6. The van der Waals surface area contributed by atoms with Gasteiger partial charge in [-0.3, -0.25) is 19.2 Å². The highest BCUT2D eigenvalue weighted by molar-refractivity contribution is 6.00. The zero-order valence-electron chi connectivity index (χ0n) is 21.6. The van der Waals surface area contributed by atoms with Crippen LogP contribution in [0.4, 0.5) is 11.4 Å². The van der Waals surface area contributed by atoms with Crippen LogP contribution in [0.15, 0.2) is 53.5 Å².